The quantitative estimate of drug-likeness (QED) is 0.836. The van der Waals surface area contributed by atoms with Gasteiger partial charge in [-0.25, -0.2) is 0 Å². The average molecular weight is 293 g/mol. The highest BCUT2D eigenvalue weighted by atomic mass is 19.4. The Morgan fingerprint density at radius 2 is 1.75 bits per heavy atom. The van der Waals surface area contributed by atoms with Gasteiger partial charge in [0.25, 0.3) is 5.91 Å². The first-order chi connectivity index (χ1) is 9.23. The fraction of sp³-hybridized carbons (Fsp3) is 0.923. The second kappa shape index (κ2) is 5.52. The highest BCUT2D eigenvalue weighted by Gasteiger charge is 2.55. The summed E-state index contributed by atoms with van der Waals surface area (Å²) in [5.74, 6) is -1.01. The fourth-order valence-electron chi connectivity index (χ4n) is 2.99. The number of nitrogens with two attached hydrogens (primary N) is 1. The number of likely N-dealkylation sites (tertiary alicyclic amines) is 2. The third kappa shape index (κ3) is 2.93. The molecule has 2 N–H and O–H groups in total. The molecule has 0 spiro atoms. The van der Waals surface area contributed by atoms with Gasteiger partial charge in [-0.15, -0.1) is 0 Å². The van der Waals surface area contributed by atoms with Gasteiger partial charge in [0.15, 0.2) is 5.54 Å². The van der Waals surface area contributed by atoms with Crippen molar-refractivity contribution < 1.29 is 18.0 Å². The summed E-state index contributed by atoms with van der Waals surface area (Å²) in [5, 5.41) is 0. The van der Waals surface area contributed by atoms with E-state index in [0.29, 0.717) is 13.1 Å². The average Bonchev–Trinajstić information content (AvgIpc) is 2.90. The van der Waals surface area contributed by atoms with Gasteiger partial charge >= 0.3 is 6.18 Å². The molecule has 2 saturated heterocycles. The van der Waals surface area contributed by atoms with E-state index in [1.807, 2.05) is 0 Å². The van der Waals surface area contributed by atoms with Crippen LogP contribution in [0.3, 0.4) is 0 Å². The molecule has 2 aliphatic heterocycles. The highest BCUT2D eigenvalue weighted by Crippen LogP contribution is 2.31. The minimum Gasteiger partial charge on any atom is -0.339 e. The van der Waals surface area contributed by atoms with Crippen molar-refractivity contribution in [3.63, 3.8) is 0 Å². The second-order valence-electron chi connectivity index (χ2n) is 5.99. The third-order valence-electron chi connectivity index (χ3n) is 4.37. The van der Waals surface area contributed by atoms with Crippen LogP contribution >= 0.6 is 0 Å². The first kappa shape index (κ1) is 15.6. The molecule has 0 aromatic heterocycles. The minimum atomic E-state index is -4.72. The molecule has 0 aromatic rings. The van der Waals surface area contributed by atoms with Crippen molar-refractivity contribution in [2.75, 3.05) is 26.2 Å². The Bertz CT molecular complexity index is 364. The molecule has 0 radical (unpaired) electrons. The molecule has 2 unspecified atom stereocenters. The molecule has 1 amide bonds. The van der Waals surface area contributed by atoms with E-state index in [1.165, 1.54) is 4.90 Å². The number of carbonyl (C=O) groups is 1. The van der Waals surface area contributed by atoms with Crippen molar-refractivity contribution in [1.29, 1.82) is 0 Å². The smallest absolute Gasteiger partial charge is 0.339 e. The van der Waals surface area contributed by atoms with Gasteiger partial charge in [-0.05, 0) is 45.7 Å². The van der Waals surface area contributed by atoms with Crippen LogP contribution in [-0.4, -0.2) is 59.6 Å². The number of piperidine rings is 1. The number of halogens is 3. The number of alkyl halides is 3. The summed E-state index contributed by atoms with van der Waals surface area (Å²) in [4.78, 5) is 15.7. The molecule has 2 heterocycles. The normalized spacial score (nSPS) is 28.4. The number of hydrogen-bond donors (Lipinski definition) is 1. The maximum atomic E-state index is 12.9. The largest absolute Gasteiger partial charge is 0.415 e. The van der Waals surface area contributed by atoms with Gasteiger partial charge in [0, 0.05) is 19.1 Å². The van der Waals surface area contributed by atoms with Crippen molar-refractivity contribution in [3.8, 4) is 0 Å². The maximum absolute atomic E-state index is 12.9. The van der Waals surface area contributed by atoms with E-state index >= 15 is 0 Å². The summed E-state index contributed by atoms with van der Waals surface area (Å²) in [6, 6.07) is 0.180. The lowest BCUT2D eigenvalue weighted by Gasteiger charge is -2.40. The lowest BCUT2D eigenvalue weighted by molar-refractivity contribution is -0.194. The van der Waals surface area contributed by atoms with E-state index < -0.39 is 17.6 Å². The molecule has 0 aliphatic carbocycles. The minimum absolute atomic E-state index is 0.180. The zero-order valence-electron chi connectivity index (χ0n) is 11.7. The zero-order chi connectivity index (χ0) is 15.0. The van der Waals surface area contributed by atoms with Crippen LogP contribution in [0.15, 0.2) is 0 Å². The summed E-state index contributed by atoms with van der Waals surface area (Å²) >= 11 is 0. The molecule has 116 valence electrons. The summed E-state index contributed by atoms with van der Waals surface area (Å²) in [6.45, 7) is 3.44. The Balaban J connectivity index is 2.03. The van der Waals surface area contributed by atoms with Crippen LogP contribution in [0.5, 0.6) is 0 Å². The Kier molecular flexibility index (Phi) is 4.30. The number of rotatable bonds is 2. The summed E-state index contributed by atoms with van der Waals surface area (Å²) in [5.41, 5.74) is 2.45. The summed E-state index contributed by atoms with van der Waals surface area (Å²) < 4.78 is 38.6. The summed E-state index contributed by atoms with van der Waals surface area (Å²) in [6.07, 6.45) is -0.786. The van der Waals surface area contributed by atoms with Gasteiger partial charge < -0.3 is 10.6 Å². The van der Waals surface area contributed by atoms with E-state index in [1.54, 1.807) is 0 Å². The molecular weight excluding hydrogens is 271 g/mol. The van der Waals surface area contributed by atoms with Crippen LogP contribution in [-0.2, 0) is 4.79 Å². The van der Waals surface area contributed by atoms with Crippen molar-refractivity contribution in [2.45, 2.75) is 50.4 Å². The molecule has 20 heavy (non-hydrogen) atoms. The van der Waals surface area contributed by atoms with Crippen molar-refractivity contribution in [1.82, 2.24) is 9.80 Å². The second-order valence-corrected chi connectivity index (χ2v) is 5.99. The highest BCUT2D eigenvalue weighted by molar-refractivity contribution is 5.86. The fourth-order valence-corrected chi connectivity index (χ4v) is 2.99. The lowest BCUT2D eigenvalue weighted by atomic mass is 9.97. The Labute approximate surface area is 117 Å². The van der Waals surface area contributed by atoms with Gasteiger partial charge in [-0.3, -0.25) is 9.69 Å². The molecule has 2 aliphatic rings. The van der Waals surface area contributed by atoms with E-state index in [0.717, 1.165) is 45.7 Å². The predicted molar refractivity (Wildman–Crippen MR) is 69.1 cm³/mol. The van der Waals surface area contributed by atoms with Crippen LogP contribution in [0.25, 0.3) is 0 Å². The van der Waals surface area contributed by atoms with Crippen LogP contribution in [0.2, 0.25) is 0 Å². The van der Waals surface area contributed by atoms with E-state index in [9.17, 15) is 18.0 Å². The van der Waals surface area contributed by atoms with Gasteiger partial charge in [-0.2, -0.15) is 13.2 Å². The number of hydrogen-bond acceptors (Lipinski definition) is 3. The molecule has 7 heteroatoms. The van der Waals surface area contributed by atoms with Crippen LogP contribution < -0.4 is 5.73 Å². The van der Waals surface area contributed by atoms with Gasteiger partial charge in [-0.1, -0.05) is 0 Å². The van der Waals surface area contributed by atoms with E-state index in [-0.39, 0.29) is 6.04 Å². The number of carbonyl (C=O) groups excluding carboxylic acids is 1. The molecule has 0 saturated carbocycles. The first-order valence-electron chi connectivity index (χ1n) is 7.12. The molecule has 2 rings (SSSR count). The van der Waals surface area contributed by atoms with Gasteiger partial charge in [0.05, 0.1) is 0 Å². The Hall–Kier alpha value is -0.820. The lowest BCUT2D eigenvalue weighted by Crippen LogP contribution is -2.64. The maximum Gasteiger partial charge on any atom is 0.415 e. The number of nitrogens with zero attached hydrogens (tertiary/aromatic N) is 2. The topological polar surface area (TPSA) is 49.6 Å². The van der Waals surface area contributed by atoms with Gasteiger partial charge in [0.2, 0.25) is 0 Å². The SMILES string of the molecule is CC(N)(C(=O)N1CCCC(N2CCCC2)C1)C(F)(F)F. The van der Waals surface area contributed by atoms with Crippen LogP contribution in [0.1, 0.15) is 32.6 Å². The zero-order valence-corrected chi connectivity index (χ0v) is 11.7. The van der Waals surface area contributed by atoms with Crippen LogP contribution in [0.4, 0.5) is 13.2 Å². The predicted octanol–water partition coefficient (Wildman–Crippen LogP) is 1.35. The molecule has 4 nitrogen and oxygen atoms in total. The van der Waals surface area contributed by atoms with E-state index in [2.05, 4.69) is 4.90 Å². The number of amides is 1. The van der Waals surface area contributed by atoms with Crippen molar-refractivity contribution in [2.24, 2.45) is 5.73 Å². The molecule has 0 bridgehead atoms. The van der Waals surface area contributed by atoms with Gasteiger partial charge in [0.1, 0.15) is 0 Å². The molecule has 2 fully saturated rings. The standard InChI is InChI=1S/C13H22F3N3O/c1-12(17,13(14,15)16)11(20)19-8-4-5-10(9-19)18-6-2-3-7-18/h10H,2-9,17H2,1H3. The Morgan fingerprint density at radius 3 is 2.30 bits per heavy atom. The van der Waals surface area contributed by atoms with Crippen LogP contribution in [0, 0.1) is 0 Å². The monoisotopic (exact) mass is 293 g/mol. The first-order valence-corrected chi connectivity index (χ1v) is 7.12. The third-order valence-corrected chi connectivity index (χ3v) is 4.37. The molecule has 0 aromatic carbocycles. The van der Waals surface area contributed by atoms with E-state index in [4.69, 9.17) is 5.73 Å². The molecule has 2 atom stereocenters. The molecular formula is C13H22F3N3O. The Morgan fingerprint density at radius 1 is 1.15 bits per heavy atom. The van der Waals surface area contributed by atoms with Crippen molar-refractivity contribution >= 4 is 5.91 Å². The van der Waals surface area contributed by atoms with Crippen molar-refractivity contribution in [3.05, 3.63) is 0 Å². The summed E-state index contributed by atoms with van der Waals surface area (Å²) in [7, 11) is 0.